The van der Waals surface area contributed by atoms with Crippen molar-refractivity contribution in [3.05, 3.63) is 62.8 Å². The maximum atomic E-state index is 12.7. The summed E-state index contributed by atoms with van der Waals surface area (Å²) in [5.74, 6) is 0.317. The largest absolute Gasteiger partial charge is 0.467 e. The van der Waals surface area contributed by atoms with Gasteiger partial charge in [-0.15, -0.1) is 0 Å². The van der Waals surface area contributed by atoms with Gasteiger partial charge in [0.05, 0.1) is 17.7 Å². The van der Waals surface area contributed by atoms with Gasteiger partial charge in [-0.2, -0.15) is 0 Å². The first-order valence-corrected chi connectivity index (χ1v) is 7.70. The molecular formula is C17H18N4O4. The van der Waals surface area contributed by atoms with Crippen LogP contribution in [0.15, 0.2) is 44.5 Å². The van der Waals surface area contributed by atoms with Crippen LogP contribution in [0.1, 0.15) is 29.2 Å². The zero-order valence-electron chi connectivity index (χ0n) is 14.4. The van der Waals surface area contributed by atoms with Gasteiger partial charge in [-0.25, -0.2) is 9.78 Å². The average molecular weight is 342 g/mol. The van der Waals surface area contributed by atoms with Gasteiger partial charge in [0, 0.05) is 21.1 Å². The Morgan fingerprint density at radius 3 is 2.56 bits per heavy atom. The molecule has 25 heavy (non-hydrogen) atoms. The summed E-state index contributed by atoms with van der Waals surface area (Å²) in [4.78, 5) is 42.7. The van der Waals surface area contributed by atoms with Crippen LogP contribution in [0, 0.1) is 0 Å². The van der Waals surface area contributed by atoms with Crippen LogP contribution in [-0.2, 0) is 14.1 Å². The summed E-state index contributed by atoms with van der Waals surface area (Å²) in [6, 6.07) is 6.26. The zero-order chi connectivity index (χ0) is 18.3. The Balaban J connectivity index is 2.06. The minimum atomic E-state index is -0.494. The van der Waals surface area contributed by atoms with E-state index < -0.39 is 11.2 Å². The highest BCUT2D eigenvalue weighted by molar-refractivity contribution is 5.94. The quantitative estimate of drug-likeness (QED) is 0.710. The maximum Gasteiger partial charge on any atom is 0.332 e. The molecular weight excluding hydrogens is 324 g/mol. The van der Waals surface area contributed by atoms with Crippen molar-refractivity contribution in [3.63, 3.8) is 0 Å². The maximum absolute atomic E-state index is 12.7. The highest BCUT2D eigenvalue weighted by Crippen LogP contribution is 2.21. The second kappa shape index (κ2) is 6.04. The molecule has 3 aromatic heterocycles. The lowest BCUT2D eigenvalue weighted by Crippen LogP contribution is -2.37. The third-order valence-corrected chi connectivity index (χ3v) is 4.38. The Bertz CT molecular complexity index is 1060. The molecule has 0 saturated heterocycles. The summed E-state index contributed by atoms with van der Waals surface area (Å²) in [6.45, 7) is 1.84. The smallest absolute Gasteiger partial charge is 0.332 e. The first-order valence-electron chi connectivity index (χ1n) is 7.70. The van der Waals surface area contributed by atoms with E-state index in [9.17, 15) is 14.4 Å². The number of furan rings is 1. The molecule has 3 aromatic rings. The number of aromatic nitrogens is 3. The van der Waals surface area contributed by atoms with Crippen LogP contribution in [0.4, 0.5) is 0 Å². The average Bonchev–Trinajstić information content (AvgIpc) is 3.17. The number of rotatable bonds is 3. The molecule has 0 aromatic carbocycles. The van der Waals surface area contributed by atoms with E-state index in [4.69, 9.17) is 4.42 Å². The van der Waals surface area contributed by atoms with Gasteiger partial charge >= 0.3 is 5.69 Å². The molecule has 0 radical (unpaired) electrons. The number of hydrogen-bond acceptors (Lipinski definition) is 5. The molecule has 1 amide bonds. The molecule has 3 rings (SSSR count). The predicted octanol–water partition coefficient (Wildman–Crippen LogP) is 1.06. The van der Waals surface area contributed by atoms with Gasteiger partial charge < -0.3 is 9.32 Å². The molecule has 0 N–H and O–H groups in total. The van der Waals surface area contributed by atoms with E-state index in [1.807, 2.05) is 6.92 Å². The Morgan fingerprint density at radius 1 is 1.20 bits per heavy atom. The first-order chi connectivity index (χ1) is 11.8. The van der Waals surface area contributed by atoms with Gasteiger partial charge in [0.15, 0.2) is 0 Å². The van der Waals surface area contributed by atoms with Gasteiger partial charge in [0.2, 0.25) is 0 Å². The summed E-state index contributed by atoms with van der Waals surface area (Å²) < 4.78 is 7.60. The summed E-state index contributed by atoms with van der Waals surface area (Å²) in [5.41, 5.74) is -0.608. The minimum absolute atomic E-state index is 0.150. The van der Waals surface area contributed by atoms with E-state index in [1.54, 1.807) is 25.4 Å². The molecule has 1 atom stereocenters. The van der Waals surface area contributed by atoms with E-state index in [-0.39, 0.29) is 28.7 Å². The van der Waals surface area contributed by atoms with Gasteiger partial charge in [0.25, 0.3) is 11.5 Å². The van der Waals surface area contributed by atoms with Crippen molar-refractivity contribution in [2.24, 2.45) is 14.1 Å². The van der Waals surface area contributed by atoms with Crippen LogP contribution in [0.2, 0.25) is 0 Å². The molecule has 0 fully saturated rings. The van der Waals surface area contributed by atoms with E-state index in [0.29, 0.717) is 5.76 Å². The summed E-state index contributed by atoms with van der Waals surface area (Å²) in [7, 11) is 4.56. The number of carbonyl (C=O) groups is 1. The van der Waals surface area contributed by atoms with Crippen molar-refractivity contribution in [2.75, 3.05) is 7.05 Å². The number of carbonyl (C=O) groups excluding carboxylic acids is 1. The third kappa shape index (κ3) is 2.65. The summed E-state index contributed by atoms with van der Waals surface area (Å²) in [5, 5.41) is 0.280. The van der Waals surface area contributed by atoms with Crippen LogP contribution in [-0.4, -0.2) is 32.0 Å². The van der Waals surface area contributed by atoms with E-state index in [0.717, 1.165) is 4.57 Å². The molecule has 0 saturated carbocycles. The fourth-order valence-corrected chi connectivity index (χ4v) is 2.65. The Kier molecular flexibility index (Phi) is 4.03. The number of amides is 1. The number of nitrogens with zero attached hydrogens (tertiary/aromatic N) is 4. The molecule has 0 bridgehead atoms. The monoisotopic (exact) mass is 342 g/mol. The van der Waals surface area contributed by atoms with Crippen molar-refractivity contribution >= 4 is 16.9 Å². The van der Waals surface area contributed by atoms with E-state index in [2.05, 4.69) is 4.98 Å². The molecule has 0 spiro atoms. The molecule has 1 unspecified atom stereocenters. The molecule has 0 aliphatic heterocycles. The Hall–Kier alpha value is -3.16. The highest BCUT2D eigenvalue weighted by Gasteiger charge is 2.22. The Labute approximate surface area is 142 Å². The topological polar surface area (TPSA) is 90.3 Å². The van der Waals surface area contributed by atoms with E-state index >= 15 is 0 Å². The van der Waals surface area contributed by atoms with Gasteiger partial charge in [-0.1, -0.05) is 0 Å². The number of fused-ring (bicyclic) bond motifs is 1. The second-order valence-corrected chi connectivity index (χ2v) is 5.88. The molecule has 3 heterocycles. The fraction of sp³-hybridized carbons (Fsp3) is 0.294. The molecule has 8 heteroatoms. The van der Waals surface area contributed by atoms with Crippen molar-refractivity contribution in [3.8, 4) is 0 Å². The van der Waals surface area contributed by atoms with Crippen molar-refractivity contribution in [1.82, 2.24) is 19.0 Å². The van der Waals surface area contributed by atoms with Gasteiger partial charge in [0.1, 0.15) is 17.1 Å². The molecule has 8 nitrogen and oxygen atoms in total. The lowest BCUT2D eigenvalue weighted by molar-refractivity contribution is 0.0720. The number of aryl methyl sites for hydroxylation is 1. The van der Waals surface area contributed by atoms with Crippen LogP contribution in [0.3, 0.4) is 0 Å². The minimum Gasteiger partial charge on any atom is -0.467 e. The lowest BCUT2D eigenvalue weighted by Gasteiger charge is -2.23. The summed E-state index contributed by atoms with van der Waals surface area (Å²) >= 11 is 0. The van der Waals surface area contributed by atoms with Crippen LogP contribution < -0.4 is 11.2 Å². The fourth-order valence-electron chi connectivity index (χ4n) is 2.65. The van der Waals surface area contributed by atoms with Gasteiger partial charge in [-0.05, 0) is 31.2 Å². The number of hydrogen-bond donors (Lipinski definition) is 0. The van der Waals surface area contributed by atoms with Gasteiger partial charge in [-0.3, -0.25) is 18.7 Å². The zero-order valence-corrected chi connectivity index (χ0v) is 14.4. The third-order valence-electron chi connectivity index (χ3n) is 4.38. The van der Waals surface area contributed by atoms with Crippen molar-refractivity contribution < 1.29 is 9.21 Å². The van der Waals surface area contributed by atoms with Crippen LogP contribution in [0.25, 0.3) is 11.0 Å². The van der Waals surface area contributed by atoms with Crippen molar-refractivity contribution in [2.45, 2.75) is 13.0 Å². The predicted molar refractivity (Wildman–Crippen MR) is 91.4 cm³/mol. The van der Waals surface area contributed by atoms with Crippen LogP contribution in [0.5, 0.6) is 0 Å². The SMILES string of the molecule is CC(c1ccco1)N(C)C(=O)c1ccc2c(=O)n(C)c(=O)n(C)c2n1. The summed E-state index contributed by atoms with van der Waals surface area (Å²) in [6.07, 6.45) is 1.55. The second-order valence-electron chi connectivity index (χ2n) is 5.88. The Morgan fingerprint density at radius 2 is 1.92 bits per heavy atom. The standard InChI is InChI=1S/C17H18N4O4/c1-10(13-6-5-9-25-13)19(2)16(23)12-8-7-11-14(18-12)20(3)17(24)21(4)15(11)22/h5-10H,1-4H3. The van der Waals surface area contributed by atoms with Crippen molar-refractivity contribution in [1.29, 1.82) is 0 Å². The molecule has 130 valence electrons. The highest BCUT2D eigenvalue weighted by atomic mass is 16.3. The van der Waals surface area contributed by atoms with E-state index in [1.165, 1.54) is 35.7 Å². The first kappa shape index (κ1) is 16.7. The molecule has 0 aliphatic carbocycles. The van der Waals surface area contributed by atoms with Crippen LogP contribution >= 0.6 is 0 Å². The number of pyridine rings is 1. The normalized spacial score (nSPS) is 12.3. The molecule has 0 aliphatic rings. The lowest BCUT2D eigenvalue weighted by atomic mass is 10.2.